The van der Waals surface area contributed by atoms with Crippen molar-refractivity contribution in [1.82, 2.24) is 5.32 Å². The summed E-state index contributed by atoms with van der Waals surface area (Å²) in [5.41, 5.74) is 0. The Morgan fingerprint density at radius 1 is 0.821 bits per heavy atom. The fourth-order valence-electron chi connectivity index (χ4n) is 4.63. The summed E-state index contributed by atoms with van der Waals surface area (Å²) in [4.78, 5) is 12.2. The zero-order valence-corrected chi connectivity index (χ0v) is 22.6. The third-order valence-corrected chi connectivity index (χ3v) is 7.04. The van der Waals surface area contributed by atoms with Crippen LogP contribution in [0, 0.1) is 0 Å². The molecule has 0 aliphatic carbocycles. The van der Waals surface area contributed by atoms with Crippen LogP contribution in [0.15, 0.2) is 0 Å². The second-order valence-electron chi connectivity index (χ2n) is 10.2. The Kier molecular flexibility index (Phi) is 15.0. The van der Waals surface area contributed by atoms with E-state index in [-0.39, 0.29) is 18.9 Å². The molecule has 14 nitrogen and oxygen atoms in total. The molecule has 230 valence electrons. The molecule has 0 spiro atoms. The van der Waals surface area contributed by atoms with Crippen molar-refractivity contribution in [3.8, 4) is 0 Å². The lowest BCUT2D eigenvalue weighted by molar-refractivity contribution is -0.359. The maximum Gasteiger partial charge on any atom is 0.220 e. The molecular formula is C25H47NO13. The van der Waals surface area contributed by atoms with Gasteiger partial charge in [-0.3, -0.25) is 4.79 Å². The quantitative estimate of drug-likeness (QED) is 0.0860. The Labute approximate surface area is 228 Å². The summed E-state index contributed by atoms with van der Waals surface area (Å²) in [5.74, 6) is -0.273. The Balaban J connectivity index is 2.04. The zero-order chi connectivity index (χ0) is 29.1. The molecule has 14 heteroatoms. The smallest absolute Gasteiger partial charge is 0.220 e. The first kappa shape index (κ1) is 34.2. The van der Waals surface area contributed by atoms with E-state index in [4.69, 9.17) is 18.9 Å². The van der Waals surface area contributed by atoms with Crippen molar-refractivity contribution in [3.05, 3.63) is 0 Å². The number of amides is 1. The molecule has 0 aromatic heterocycles. The van der Waals surface area contributed by atoms with Gasteiger partial charge in [0.1, 0.15) is 48.8 Å². The largest absolute Gasteiger partial charge is 0.394 e. The first-order chi connectivity index (χ1) is 18.6. The van der Waals surface area contributed by atoms with E-state index < -0.39 is 86.8 Å². The molecule has 2 aliphatic heterocycles. The first-order valence-corrected chi connectivity index (χ1v) is 13.8. The van der Waals surface area contributed by atoms with Gasteiger partial charge in [-0.05, 0) is 12.8 Å². The van der Waals surface area contributed by atoms with Gasteiger partial charge in [0.15, 0.2) is 12.6 Å². The number of unbranched alkanes of at least 4 members (excludes halogenated alkanes) is 3. The van der Waals surface area contributed by atoms with Crippen LogP contribution in [0.2, 0.25) is 0 Å². The van der Waals surface area contributed by atoms with Crippen molar-refractivity contribution >= 4 is 5.91 Å². The van der Waals surface area contributed by atoms with Gasteiger partial charge in [0.2, 0.25) is 5.91 Å². The lowest BCUT2D eigenvalue weighted by atomic mass is 9.97. The van der Waals surface area contributed by atoms with Crippen LogP contribution in [0.5, 0.6) is 0 Å². The van der Waals surface area contributed by atoms with E-state index in [2.05, 4.69) is 12.2 Å². The zero-order valence-electron chi connectivity index (χ0n) is 22.6. The summed E-state index contributed by atoms with van der Waals surface area (Å²) in [6.07, 6.45) is -11.6. The molecule has 0 bridgehead atoms. The maximum atomic E-state index is 12.2. The summed E-state index contributed by atoms with van der Waals surface area (Å²) in [6.45, 7) is 2.26. The Hall–Kier alpha value is -1.01. The maximum absolute atomic E-state index is 12.2. The van der Waals surface area contributed by atoms with E-state index in [9.17, 15) is 45.6 Å². The number of ether oxygens (including phenoxy) is 4. The Morgan fingerprint density at radius 3 is 2.08 bits per heavy atom. The van der Waals surface area contributed by atoms with Crippen molar-refractivity contribution in [2.75, 3.05) is 19.8 Å². The highest BCUT2D eigenvalue weighted by Crippen LogP contribution is 2.29. The van der Waals surface area contributed by atoms with E-state index in [1.807, 2.05) is 6.92 Å². The lowest BCUT2D eigenvalue weighted by Crippen LogP contribution is -2.65. The second-order valence-corrected chi connectivity index (χ2v) is 10.2. The highest BCUT2D eigenvalue weighted by atomic mass is 16.7. The van der Waals surface area contributed by atoms with Crippen LogP contribution >= 0.6 is 0 Å². The minimum Gasteiger partial charge on any atom is -0.394 e. The van der Waals surface area contributed by atoms with Gasteiger partial charge in [-0.25, -0.2) is 0 Å². The van der Waals surface area contributed by atoms with Crippen molar-refractivity contribution < 1.29 is 64.6 Å². The number of carbonyl (C=O) groups excluding carboxylic acids is 1. The summed E-state index contributed by atoms with van der Waals surface area (Å²) in [6, 6.07) is -0.811. The summed E-state index contributed by atoms with van der Waals surface area (Å²) >= 11 is 0. The average Bonchev–Trinajstić information content (AvgIpc) is 2.92. The molecule has 2 heterocycles. The van der Waals surface area contributed by atoms with Crippen molar-refractivity contribution in [3.63, 3.8) is 0 Å². The highest BCUT2D eigenvalue weighted by Gasteiger charge is 2.50. The minimum atomic E-state index is -1.77. The fraction of sp³-hybridized carbons (Fsp3) is 0.960. The van der Waals surface area contributed by atoms with Gasteiger partial charge in [-0.1, -0.05) is 39.5 Å². The molecule has 1 amide bonds. The molecule has 9 N–H and O–H groups in total. The molecule has 0 radical (unpaired) electrons. The van der Waals surface area contributed by atoms with Gasteiger partial charge in [-0.2, -0.15) is 0 Å². The molecule has 12 atom stereocenters. The Morgan fingerprint density at radius 2 is 1.46 bits per heavy atom. The number of hydrogen-bond acceptors (Lipinski definition) is 13. The molecule has 39 heavy (non-hydrogen) atoms. The first-order valence-electron chi connectivity index (χ1n) is 13.8. The van der Waals surface area contributed by atoms with Crippen LogP contribution in [0.25, 0.3) is 0 Å². The van der Waals surface area contributed by atoms with Crippen LogP contribution in [0.3, 0.4) is 0 Å². The van der Waals surface area contributed by atoms with Gasteiger partial charge in [0, 0.05) is 6.42 Å². The van der Waals surface area contributed by atoms with E-state index in [1.165, 1.54) is 0 Å². The van der Waals surface area contributed by atoms with Crippen molar-refractivity contribution in [2.45, 2.75) is 132 Å². The number of nitrogens with one attached hydrogen (secondary N) is 1. The van der Waals surface area contributed by atoms with Gasteiger partial charge < -0.3 is 65.1 Å². The summed E-state index contributed by atoms with van der Waals surface area (Å²) < 4.78 is 22.1. The standard InChI is InChI=1S/C25H47NO13/c1-3-5-6-7-9-14(29)13(26-17(30)8-4-2)12-36-24-22(35)20(33)23(16(11-28)38-24)39-25-21(34)19(32)18(31)15(10-27)37-25/h13-16,18-25,27-29,31-35H,3-12H2,1-2H3,(H,26,30). The molecule has 12 unspecified atom stereocenters. The molecule has 2 saturated heterocycles. The predicted octanol–water partition coefficient (Wildman–Crippen LogP) is -2.76. The van der Waals surface area contributed by atoms with Crippen LogP contribution < -0.4 is 5.32 Å². The minimum absolute atomic E-state index is 0.254. The van der Waals surface area contributed by atoms with Gasteiger partial charge in [-0.15, -0.1) is 0 Å². The SMILES string of the molecule is CCCCCCC(O)C(COC1OC(CO)C(OC2OC(CO)C(O)C(O)C2O)C(O)C1O)NC(=O)CCC. The number of rotatable bonds is 16. The molecule has 0 aromatic rings. The van der Waals surface area contributed by atoms with Gasteiger partial charge >= 0.3 is 0 Å². The lowest BCUT2D eigenvalue weighted by Gasteiger charge is -2.46. The third-order valence-electron chi connectivity index (χ3n) is 7.04. The highest BCUT2D eigenvalue weighted by molar-refractivity contribution is 5.76. The molecule has 2 aliphatic rings. The van der Waals surface area contributed by atoms with Gasteiger partial charge in [0.05, 0.1) is 32.0 Å². The molecular weight excluding hydrogens is 522 g/mol. The second kappa shape index (κ2) is 17.1. The monoisotopic (exact) mass is 569 g/mol. The molecule has 0 aromatic carbocycles. The number of hydrogen-bond donors (Lipinski definition) is 9. The predicted molar refractivity (Wildman–Crippen MR) is 134 cm³/mol. The third kappa shape index (κ3) is 9.51. The van der Waals surface area contributed by atoms with E-state index in [1.54, 1.807) is 0 Å². The molecule has 2 rings (SSSR count). The van der Waals surface area contributed by atoms with Gasteiger partial charge in [0.25, 0.3) is 0 Å². The van der Waals surface area contributed by atoms with Crippen LogP contribution in [-0.2, 0) is 23.7 Å². The van der Waals surface area contributed by atoms with Crippen LogP contribution in [0.1, 0.15) is 58.8 Å². The number of aliphatic hydroxyl groups is 8. The fourth-order valence-corrected chi connectivity index (χ4v) is 4.63. The number of aliphatic hydroxyl groups excluding tert-OH is 8. The normalized spacial score (nSPS) is 36.9. The molecule has 0 saturated carbocycles. The summed E-state index contributed by atoms with van der Waals surface area (Å²) in [5, 5.41) is 84.3. The van der Waals surface area contributed by atoms with E-state index >= 15 is 0 Å². The summed E-state index contributed by atoms with van der Waals surface area (Å²) in [7, 11) is 0. The van der Waals surface area contributed by atoms with Crippen LogP contribution in [-0.4, -0.2) is 140 Å². The topological polar surface area (TPSA) is 228 Å². The molecule has 2 fully saturated rings. The van der Waals surface area contributed by atoms with Crippen molar-refractivity contribution in [2.24, 2.45) is 0 Å². The van der Waals surface area contributed by atoms with E-state index in [0.717, 1.165) is 25.7 Å². The number of carbonyl (C=O) groups is 1. The average molecular weight is 570 g/mol. The Bertz CT molecular complexity index is 699. The van der Waals surface area contributed by atoms with E-state index in [0.29, 0.717) is 12.8 Å². The van der Waals surface area contributed by atoms with Crippen molar-refractivity contribution in [1.29, 1.82) is 0 Å². The van der Waals surface area contributed by atoms with Crippen LogP contribution in [0.4, 0.5) is 0 Å².